The third-order valence-electron chi connectivity index (χ3n) is 2.15. The minimum Gasteiger partial charge on any atom is -0.491 e. The number of ether oxygens (including phenoxy) is 1. The molecule has 1 aromatic carbocycles. The first-order valence-electron chi connectivity index (χ1n) is 4.43. The van der Waals surface area contributed by atoms with Crippen LogP contribution < -0.4 is 15.7 Å². The van der Waals surface area contributed by atoms with E-state index in [9.17, 15) is 9.59 Å². The summed E-state index contributed by atoms with van der Waals surface area (Å²) in [4.78, 5) is 25.8. The molecule has 0 saturated heterocycles. The molecule has 0 atom stereocenters. The van der Waals surface area contributed by atoms with E-state index in [1.54, 1.807) is 24.3 Å². The van der Waals surface area contributed by atoms with Crippen molar-refractivity contribution in [1.82, 2.24) is 4.98 Å². The van der Waals surface area contributed by atoms with E-state index < -0.39 is 5.56 Å². The smallest absolute Gasteiger partial charge is 0.290 e. The van der Waals surface area contributed by atoms with Crippen LogP contribution >= 0.6 is 0 Å². The van der Waals surface area contributed by atoms with Crippen LogP contribution in [0.25, 0.3) is 10.9 Å². The predicted octanol–water partition coefficient (Wildman–Crippen LogP) is 0.897. The van der Waals surface area contributed by atoms with Gasteiger partial charge in [0, 0.05) is 11.5 Å². The minimum atomic E-state index is -0.407. The van der Waals surface area contributed by atoms with E-state index in [4.69, 9.17) is 4.74 Å². The molecule has 0 bridgehead atoms. The summed E-state index contributed by atoms with van der Waals surface area (Å²) in [6, 6.07) is 8.03. The van der Waals surface area contributed by atoms with Gasteiger partial charge in [0.2, 0.25) is 0 Å². The maximum Gasteiger partial charge on any atom is 0.290 e. The van der Waals surface area contributed by atoms with Gasteiger partial charge in [0.05, 0.1) is 12.6 Å². The van der Waals surface area contributed by atoms with E-state index >= 15 is 0 Å². The van der Waals surface area contributed by atoms with Crippen LogP contribution in [0.2, 0.25) is 0 Å². The summed E-state index contributed by atoms with van der Waals surface area (Å²) in [6.45, 7) is 0. The van der Waals surface area contributed by atoms with Crippen molar-refractivity contribution in [1.29, 1.82) is 0 Å². The highest BCUT2D eigenvalue weighted by Crippen LogP contribution is 2.05. The van der Waals surface area contributed by atoms with E-state index in [1.807, 2.05) is 0 Å². The van der Waals surface area contributed by atoms with Crippen LogP contribution in [0.4, 0.5) is 0 Å². The van der Waals surface area contributed by atoms with E-state index in [0.717, 1.165) is 0 Å². The van der Waals surface area contributed by atoms with Gasteiger partial charge >= 0.3 is 0 Å². The number of rotatable bonds is 1. The highest BCUT2D eigenvalue weighted by molar-refractivity contribution is 5.77. The fourth-order valence-corrected chi connectivity index (χ4v) is 1.40. The molecule has 0 aliphatic heterocycles. The van der Waals surface area contributed by atoms with Gasteiger partial charge in [0.1, 0.15) is 0 Å². The Balaban J connectivity index is 3.03. The van der Waals surface area contributed by atoms with Crippen molar-refractivity contribution in [3.63, 3.8) is 0 Å². The Bertz CT molecular complexity index is 616. The molecule has 0 unspecified atom stereocenters. The Morgan fingerprint density at radius 1 is 1.20 bits per heavy atom. The molecule has 0 aliphatic carbocycles. The lowest BCUT2D eigenvalue weighted by Crippen LogP contribution is -2.05. The van der Waals surface area contributed by atoms with Gasteiger partial charge < -0.3 is 9.72 Å². The number of hydrogen-bond donors (Lipinski definition) is 1. The zero-order chi connectivity index (χ0) is 10.8. The zero-order valence-electron chi connectivity index (χ0n) is 8.11. The average Bonchev–Trinajstić information content (AvgIpc) is 2.37. The third-order valence-corrected chi connectivity index (χ3v) is 2.15. The molecule has 0 aliphatic rings. The van der Waals surface area contributed by atoms with Crippen molar-refractivity contribution in [3.05, 3.63) is 50.9 Å². The first-order valence-corrected chi connectivity index (χ1v) is 4.43. The standard InChI is InChI=1S/C11H9NO3/c1-15-10-6-9(13)7-4-2-3-5-8(7)12-11(10)14/h2-6H,1H3,(H,12,14). The molecule has 15 heavy (non-hydrogen) atoms. The van der Waals surface area contributed by atoms with E-state index in [2.05, 4.69) is 4.98 Å². The normalized spacial score (nSPS) is 10.2. The SMILES string of the molecule is COc1cc(=O)c2ccccc2[nH]c1=O. The number of methoxy groups -OCH3 is 1. The van der Waals surface area contributed by atoms with E-state index in [0.29, 0.717) is 10.9 Å². The molecule has 4 heteroatoms. The summed E-state index contributed by atoms with van der Waals surface area (Å²) in [6.07, 6.45) is 0. The van der Waals surface area contributed by atoms with Crippen LogP contribution in [-0.4, -0.2) is 12.1 Å². The molecule has 0 radical (unpaired) electrons. The molecule has 1 N–H and O–H groups in total. The van der Waals surface area contributed by atoms with Gasteiger partial charge in [-0.25, -0.2) is 0 Å². The minimum absolute atomic E-state index is 0.0243. The number of fused-ring (bicyclic) bond motifs is 1. The number of hydrogen-bond acceptors (Lipinski definition) is 3. The second-order valence-electron chi connectivity index (χ2n) is 3.08. The lowest BCUT2D eigenvalue weighted by molar-refractivity contribution is 0.409. The average molecular weight is 203 g/mol. The first-order chi connectivity index (χ1) is 7.22. The maximum absolute atomic E-state index is 11.7. The summed E-state index contributed by atoms with van der Waals surface area (Å²) in [7, 11) is 1.36. The van der Waals surface area contributed by atoms with Gasteiger partial charge in [-0.2, -0.15) is 0 Å². The van der Waals surface area contributed by atoms with Gasteiger partial charge in [0.15, 0.2) is 11.2 Å². The highest BCUT2D eigenvalue weighted by atomic mass is 16.5. The third kappa shape index (κ3) is 1.61. The van der Waals surface area contributed by atoms with Crippen LogP contribution in [0.3, 0.4) is 0 Å². The predicted molar refractivity (Wildman–Crippen MR) is 57.4 cm³/mol. The largest absolute Gasteiger partial charge is 0.491 e. The first kappa shape index (κ1) is 9.45. The fourth-order valence-electron chi connectivity index (χ4n) is 1.40. The molecule has 0 spiro atoms. The summed E-state index contributed by atoms with van der Waals surface area (Å²) >= 11 is 0. The van der Waals surface area contributed by atoms with Crippen LogP contribution in [0.15, 0.2) is 39.9 Å². The molecular weight excluding hydrogens is 194 g/mol. The van der Waals surface area contributed by atoms with Crippen LogP contribution in [0.5, 0.6) is 5.75 Å². The Labute approximate surface area is 85.1 Å². The topological polar surface area (TPSA) is 59.2 Å². The van der Waals surface area contributed by atoms with E-state index in [-0.39, 0.29) is 11.2 Å². The Morgan fingerprint density at radius 2 is 1.93 bits per heavy atom. The Morgan fingerprint density at radius 3 is 2.67 bits per heavy atom. The van der Waals surface area contributed by atoms with Gasteiger partial charge in [0.25, 0.3) is 5.56 Å². The summed E-state index contributed by atoms with van der Waals surface area (Å²) in [5.74, 6) is 0.0243. The van der Waals surface area contributed by atoms with Crippen LogP contribution in [-0.2, 0) is 0 Å². The van der Waals surface area contributed by atoms with Crippen molar-refractivity contribution in [2.45, 2.75) is 0 Å². The maximum atomic E-state index is 11.7. The van der Waals surface area contributed by atoms with Crippen molar-refractivity contribution in [2.75, 3.05) is 7.11 Å². The summed E-state index contributed by atoms with van der Waals surface area (Å²) in [5.41, 5.74) is -0.132. The quantitative estimate of drug-likeness (QED) is 0.749. The Kier molecular flexibility index (Phi) is 2.25. The molecule has 1 heterocycles. The van der Waals surface area contributed by atoms with Gasteiger partial charge in [-0.05, 0) is 12.1 Å². The zero-order valence-corrected chi connectivity index (χ0v) is 8.11. The van der Waals surface area contributed by atoms with Crippen LogP contribution in [0, 0.1) is 0 Å². The van der Waals surface area contributed by atoms with Gasteiger partial charge in [-0.15, -0.1) is 0 Å². The molecule has 0 fully saturated rings. The lowest BCUT2D eigenvalue weighted by Gasteiger charge is -1.89. The number of aromatic nitrogens is 1. The molecule has 2 rings (SSSR count). The number of para-hydroxylation sites is 1. The van der Waals surface area contributed by atoms with Gasteiger partial charge in [-0.1, -0.05) is 12.1 Å². The van der Waals surface area contributed by atoms with Gasteiger partial charge in [-0.3, -0.25) is 9.59 Å². The molecule has 0 saturated carbocycles. The monoisotopic (exact) mass is 203 g/mol. The van der Waals surface area contributed by atoms with E-state index in [1.165, 1.54) is 13.2 Å². The van der Waals surface area contributed by atoms with Crippen molar-refractivity contribution >= 4 is 10.9 Å². The van der Waals surface area contributed by atoms with Crippen molar-refractivity contribution < 1.29 is 4.74 Å². The Hall–Kier alpha value is -2.10. The number of aromatic amines is 1. The molecule has 1 aromatic heterocycles. The number of H-pyrrole nitrogens is 1. The molecule has 0 amide bonds. The van der Waals surface area contributed by atoms with Crippen molar-refractivity contribution in [2.24, 2.45) is 0 Å². The second kappa shape index (κ2) is 3.57. The summed E-state index contributed by atoms with van der Waals surface area (Å²) in [5, 5.41) is 0.470. The van der Waals surface area contributed by atoms with Crippen molar-refractivity contribution in [3.8, 4) is 5.75 Å². The molecule has 76 valence electrons. The molecule has 4 nitrogen and oxygen atoms in total. The molecular formula is C11H9NO3. The van der Waals surface area contributed by atoms with Crippen LogP contribution in [0.1, 0.15) is 0 Å². The fraction of sp³-hybridized carbons (Fsp3) is 0.0909. The summed E-state index contributed by atoms with van der Waals surface area (Å²) < 4.78 is 4.81. The number of benzene rings is 1. The second-order valence-corrected chi connectivity index (χ2v) is 3.08. The number of nitrogens with one attached hydrogen (secondary N) is 1. The highest BCUT2D eigenvalue weighted by Gasteiger charge is 2.02. The lowest BCUT2D eigenvalue weighted by atomic mass is 10.2. The molecule has 2 aromatic rings.